The first-order chi connectivity index (χ1) is 6.00. The number of nitrogens with zero attached hydrogens (tertiary/aromatic N) is 1. The van der Waals surface area contributed by atoms with Gasteiger partial charge in [0.05, 0.1) is 0 Å². The van der Waals surface area contributed by atoms with Gasteiger partial charge in [-0.2, -0.15) is 0 Å². The summed E-state index contributed by atoms with van der Waals surface area (Å²) in [6, 6.07) is -0.194. The summed E-state index contributed by atoms with van der Waals surface area (Å²) in [6.45, 7) is 0.759. The van der Waals surface area contributed by atoms with Crippen molar-refractivity contribution < 1.29 is 9.53 Å². The van der Waals surface area contributed by atoms with Crippen molar-refractivity contribution in [3.05, 3.63) is 0 Å². The van der Waals surface area contributed by atoms with Crippen LogP contribution >= 0.6 is 34.8 Å². The first kappa shape index (κ1) is 9.84. The van der Waals surface area contributed by atoms with Crippen LogP contribution in [0.25, 0.3) is 0 Å². The molecule has 74 valence electrons. The standard InChI is InChI=1S/C7H8Cl3NO2/c8-7(9,10)6-11-3-1-2-4(11)5(12)13-6/h4,6H,1-3H2. The van der Waals surface area contributed by atoms with Crippen LogP contribution in [0, 0.1) is 0 Å². The van der Waals surface area contributed by atoms with E-state index in [2.05, 4.69) is 0 Å². The Morgan fingerprint density at radius 3 is 2.77 bits per heavy atom. The van der Waals surface area contributed by atoms with Gasteiger partial charge in [-0.15, -0.1) is 0 Å². The number of ether oxygens (including phenoxy) is 1. The minimum absolute atomic E-state index is 0.194. The van der Waals surface area contributed by atoms with E-state index in [4.69, 9.17) is 39.5 Å². The van der Waals surface area contributed by atoms with Gasteiger partial charge in [0.2, 0.25) is 10.0 Å². The number of esters is 1. The first-order valence-corrected chi connectivity index (χ1v) is 5.16. The van der Waals surface area contributed by atoms with Crippen molar-refractivity contribution in [2.45, 2.75) is 28.9 Å². The van der Waals surface area contributed by atoms with Gasteiger partial charge < -0.3 is 4.74 Å². The van der Waals surface area contributed by atoms with E-state index in [1.807, 2.05) is 4.90 Å². The molecule has 2 aliphatic rings. The molecule has 2 rings (SSSR count). The lowest BCUT2D eigenvalue weighted by Gasteiger charge is -2.25. The van der Waals surface area contributed by atoms with Crippen LogP contribution in [0.15, 0.2) is 0 Å². The van der Waals surface area contributed by atoms with Crippen molar-refractivity contribution in [2.75, 3.05) is 6.54 Å². The Kier molecular flexibility index (Phi) is 2.39. The van der Waals surface area contributed by atoms with E-state index in [-0.39, 0.29) is 12.0 Å². The highest BCUT2D eigenvalue weighted by Crippen LogP contribution is 2.41. The maximum atomic E-state index is 11.3. The van der Waals surface area contributed by atoms with E-state index in [0.717, 1.165) is 19.4 Å². The molecule has 6 heteroatoms. The maximum Gasteiger partial charge on any atom is 0.325 e. The maximum absolute atomic E-state index is 11.3. The average molecular weight is 245 g/mol. The Labute approximate surface area is 90.9 Å². The molecular weight excluding hydrogens is 236 g/mol. The quantitative estimate of drug-likeness (QED) is 0.480. The molecule has 0 radical (unpaired) electrons. The minimum Gasteiger partial charge on any atom is -0.440 e. The zero-order valence-electron chi connectivity index (χ0n) is 6.67. The Bertz CT molecular complexity index is 240. The van der Waals surface area contributed by atoms with Crippen LogP contribution in [-0.2, 0) is 9.53 Å². The molecule has 0 amide bonds. The third-order valence-electron chi connectivity index (χ3n) is 2.38. The lowest BCUT2D eigenvalue weighted by atomic mass is 10.2. The zero-order valence-corrected chi connectivity index (χ0v) is 8.94. The summed E-state index contributed by atoms with van der Waals surface area (Å²) >= 11 is 17.0. The topological polar surface area (TPSA) is 29.5 Å². The third kappa shape index (κ3) is 1.63. The SMILES string of the molecule is O=C1OC(C(Cl)(Cl)Cl)N2CCCC12. The Morgan fingerprint density at radius 2 is 2.15 bits per heavy atom. The first-order valence-electron chi connectivity index (χ1n) is 4.03. The molecule has 0 aromatic rings. The molecule has 0 N–H and O–H groups in total. The van der Waals surface area contributed by atoms with Crippen molar-refractivity contribution in [1.82, 2.24) is 4.90 Å². The summed E-state index contributed by atoms with van der Waals surface area (Å²) in [7, 11) is 0. The van der Waals surface area contributed by atoms with Crippen molar-refractivity contribution in [3.63, 3.8) is 0 Å². The molecule has 0 bridgehead atoms. The highest BCUT2D eigenvalue weighted by molar-refractivity contribution is 6.68. The molecule has 2 heterocycles. The molecule has 0 saturated carbocycles. The predicted molar refractivity (Wildman–Crippen MR) is 49.9 cm³/mol. The van der Waals surface area contributed by atoms with Gasteiger partial charge >= 0.3 is 5.97 Å². The monoisotopic (exact) mass is 243 g/mol. The molecule has 2 unspecified atom stereocenters. The van der Waals surface area contributed by atoms with Gasteiger partial charge in [0.25, 0.3) is 0 Å². The number of rotatable bonds is 0. The van der Waals surface area contributed by atoms with Crippen LogP contribution in [-0.4, -0.2) is 33.5 Å². The van der Waals surface area contributed by atoms with Crippen molar-refractivity contribution in [3.8, 4) is 0 Å². The Hall–Kier alpha value is 0.300. The fraction of sp³-hybridized carbons (Fsp3) is 0.857. The molecule has 0 aromatic heterocycles. The fourth-order valence-electron chi connectivity index (χ4n) is 1.83. The van der Waals surface area contributed by atoms with Crippen molar-refractivity contribution >= 4 is 40.8 Å². The highest BCUT2D eigenvalue weighted by Gasteiger charge is 2.52. The number of carbonyl (C=O) groups is 1. The lowest BCUT2D eigenvalue weighted by Crippen LogP contribution is -2.41. The van der Waals surface area contributed by atoms with Crippen LogP contribution in [0.5, 0.6) is 0 Å². The van der Waals surface area contributed by atoms with E-state index in [0.29, 0.717) is 0 Å². The fourth-order valence-corrected chi connectivity index (χ4v) is 2.34. The van der Waals surface area contributed by atoms with E-state index < -0.39 is 10.0 Å². The predicted octanol–water partition coefficient (Wildman–Crippen LogP) is 1.70. The van der Waals surface area contributed by atoms with Crippen LogP contribution < -0.4 is 0 Å². The molecule has 2 aliphatic heterocycles. The van der Waals surface area contributed by atoms with Crippen molar-refractivity contribution in [2.24, 2.45) is 0 Å². The van der Waals surface area contributed by atoms with Gasteiger partial charge in [-0.25, -0.2) is 0 Å². The smallest absolute Gasteiger partial charge is 0.325 e. The van der Waals surface area contributed by atoms with Crippen LogP contribution in [0.1, 0.15) is 12.8 Å². The summed E-state index contributed by atoms with van der Waals surface area (Å²) < 4.78 is 3.44. The van der Waals surface area contributed by atoms with E-state index >= 15 is 0 Å². The second-order valence-electron chi connectivity index (χ2n) is 3.23. The molecule has 2 saturated heterocycles. The van der Waals surface area contributed by atoms with Crippen LogP contribution in [0.3, 0.4) is 0 Å². The molecule has 13 heavy (non-hydrogen) atoms. The lowest BCUT2D eigenvalue weighted by molar-refractivity contribution is -0.142. The van der Waals surface area contributed by atoms with E-state index in [9.17, 15) is 4.79 Å². The number of carbonyl (C=O) groups excluding carboxylic acids is 1. The van der Waals surface area contributed by atoms with Crippen molar-refractivity contribution in [1.29, 1.82) is 0 Å². The molecule has 2 fully saturated rings. The van der Waals surface area contributed by atoms with E-state index in [1.54, 1.807) is 0 Å². The summed E-state index contributed by atoms with van der Waals surface area (Å²) in [5.74, 6) is -0.270. The summed E-state index contributed by atoms with van der Waals surface area (Å²) in [5, 5.41) is 0. The Morgan fingerprint density at radius 1 is 1.46 bits per heavy atom. The average Bonchev–Trinajstić information content (AvgIpc) is 2.51. The van der Waals surface area contributed by atoms with Gasteiger partial charge in [0.1, 0.15) is 6.04 Å². The minimum atomic E-state index is -1.55. The zero-order chi connectivity index (χ0) is 9.64. The largest absolute Gasteiger partial charge is 0.440 e. The number of hydrogen-bond acceptors (Lipinski definition) is 3. The third-order valence-corrected chi connectivity index (χ3v) is 2.94. The Balaban J connectivity index is 2.20. The molecule has 0 aliphatic carbocycles. The van der Waals surface area contributed by atoms with Gasteiger partial charge in [0, 0.05) is 6.54 Å². The number of fused-ring (bicyclic) bond motifs is 1. The number of halogens is 3. The second-order valence-corrected chi connectivity index (χ2v) is 5.60. The summed E-state index contributed by atoms with van der Waals surface area (Å²) in [5.41, 5.74) is 0. The molecule has 0 aromatic carbocycles. The summed E-state index contributed by atoms with van der Waals surface area (Å²) in [6.07, 6.45) is 1.05. The highest BCUT2D eigenvalue weighted by atomic mass is 35.6. The molecule has 0 spiro atoms. The molecule has 3 nitrogen and oxygen atoms in total. The number of alkyl halides is 3. The summed E-state index contributed by atoms with van der Waals surface area (Å²) in [4.78, 5) is 13.1. The van der Waals surface area contributed by atoms with Crippen LogP contribution in [0.4, 0.5) is 0 Å². The molecule has 2 atom stereocenters. The number of hydrogen-bond donors (Lipinski definition) is 0. The van der Waals surface area contributed by atoms with Gasteiger partial charge in [-0.3, -0.25) is 9.69 Å². The van der Waals surface area contributed by atoms with Gasteiger partial charge in [-0.05, 0) is 12.8 Å². The van der Waals surface area contributed by atoms with Crippen LogP contribution in [0.2, 0.25) is 0 Å². The normalized spacial score (nSPS) is 34.8. The van der Waals surface area contributed by atoms with E-state index in [1.165, 1.54) is 0 Å². The molecular formula is C7H8Cl3NO2. The second kappa shape index (κ2) is 3.16. The van der Waals surface area contributed by atoms with Gasteiger partial charge in [-0.1, -0.05) is 34.8 Å². The number of cyclic esters (lactones) is 1. The van der Waals surface area contributed by atoms with Gasteiger partial charge in [0.15, 0.2) is 0 Å².